The first-order valence-electron chi connectivity index (χ1n) is 9.07. The van der Waals surface area contributed by atoms with Gasteiger partial charge in [-0.05, 0) is 37.3 Å². The van der Waals surface area contributed by atoms with Crippen molar-refractivity contribution in [1.29, 1.82) is 0 Å². The number of aliphatic hydroxyl groups excluding tert-OH is 1. The number of hydrogen-bond donors (Lipinski definition) is 2. The zero-order valence-corrected chi connectivity index (χ0v) is 17.5. The second-order valence-electron chi connectivity index (χ2n) is 6.10. The third kappa shape index (κ3) is 4.60. The largest absolute Gasteiger partial charge is 0.507 e. The van der Waals surface area contributed by atoms with Gasteiger partial charge in [0.1, 0.15) is 33.6 Å². The summed E-state index contributed by atoms with van der Waals surface area (Å²) in [5.74, 6) is 0.165. The number of methoxy groups -OCH3 is 2. The summed E-state index contributed by atoms with van der Waals surface area (Å²) >= 11 is 1.11. The van der Waals surface area contributed by atoms with Gasteiger partial charge in [-0.2, -0.15) is 0 Å². The van der Waals surface area contributed by atoms with Gasteiger partial charge in [-0.25, -0.2) is 9.79 Å². The number of nitrogens with zero attached hydrogens (tertiary/aromatic N) is 1. The van der Waals surface area contributed by atoms with Crippen LogP contribution in [0.4, 0.5) is 5.69 Å². The Morgan fingerprint density at radius 1 is 1.10 bits per heavy atom. The van der Waals surface area contributed by atoms with Gasteiger partial charge in [0.05, 0.1) is 31.4 Å². The molecule has 1 aliphatic heterocycles. The first-order chi connectivity index (χ1) is 14.5. The number of aromatic hydroxyl groups is 1. The summed E-state index contributed by atoms with van der Waals surface area (Å²) in [6.45, 7) is 1.84. The van der Waals surface area contributed by atoms with Crippen molar-refractivity contribution in [1.82, 2.24) is 0 Å². The molecule has 0 aliphatic carbocycles. The molecule has 156 valence electrons. The Balaban J connectivity index is 2.05. The molecule has 0 atom stereocenters. The van der Waals surface area contributed by atoms with Gasteiger partial charge in [0.15, 0.2) is 0 Å². The highest BCUT2D eigenvalue weighted by Gasteiger charge is 2.33. The predicted molar refractivity (Wildman–Crippen MR) is 117 cm³/mol. The number of benzene rings is 2. The Hall–Kier alpha value is -3.39. The zero-order valence-electron chi connectivity index (χ0n) is 16.7. The second kappa shape index (κ2) is 9.41. The number of phenolic OH excluding ortho intramolecular Hbond substituents is 1. The van der Waals surface area contributed by atoms with Crippen molar-refractivity contribution in [3.8, 4) is 17.2 Å². The Morgan fingerprint density at radius 2 is 1.83 bits per heavy atom. The monoisotopic (exact) mass is 427 g/mol. The van der Waals surface area contributed by atoms with E-state index < -0.39 is 5.97 Å². The average Bonchev–Trinajstić information content (AvgIpc) is 3.04. The van der Waals surface area contributed by atoms with E-state index in [1.807, 2.05) is 0 Å². The Labute approximate surface area is 178 Å². The van der Waals surface area contributed by atoms with E-state index in [0.29, 0.717) is 32.7 Å². The molecule has 2 aromatic carbocycles. The molecule has 0 fully saturated rings. The average molecular weight is 427 g/mol. The van der Waals surface area contributed by atoms with Gasteiger partial charge in [0.2, 0.25) is 0 Å². The van der Waals surface area contributed by atoms with Gasteiger partial charge >= 0.3 is 5.97 Å². The number of ether oxygens (including phenoxy) is 3. The lowest BCUT2D eigenvalue weighted by atomic mass is 10.1. The van der Waals surface area contributed by atoms with Crippen LogP contribution in [0.3, 0.4) is 0 Å². The van der Waals surface area contributed by atoms with Crippen LogP contribution in [0.15, 0.2) is 63.7 Å². The predicted octanol–water partition coefficient (Wildman–Crippen LogP) is 4.60. The van der Waals surface area contributed by atoms with Crippen LogP contribution in [-0.4, -0.2) is 42.1 Å². The number of aliphatic hydroxyl groups is 1. The molecule has 2 N–H and O–H groups in total. The Morgan fingerprint density at radius 3 is 2.50 bits per heavy atom. The van der Waals surface area contributed by atoms with E-state index in [0.717, 1.165) is 11.8 Å². The lowest BCUT2D eigenvalue weighted by molar-refractivity contribution is -0.138. The molecule has 0 saturated heterocycles. The smallest absolute Gasteiger partial charge is 0.344 e. The minimum atomic E-state index is -0.675. The quantitative estimate of drug-likeness (QED) is 0.650. The molecule has 0 unspecified atom stereocenters. The lowest BCUT2D eigenvalue weighted by Gasteiger charge is -2.04. The van der Waals surface area contributed by atoms with E-state index in [-0.39, 0.29) is 23.7 Å². The van der Waals surface area contributed by atoms with Gasteiger partial charge in [0, 0.05) is 17.7 Å². The SMILES string of the molecule is CCOC(=O)C1=C(O)/C(=C\c2ccc(OC)cc2O)SC1=Nc1cccc(OC)c1. The molecular weight excluding hydrogens is 406 g/mol. The van der Waals surface area contributed by atoms with Crippen LogP contribution in [0.2, 0.25) is 0 Å². The van der Waals surface area contributed by atoms with Crippen molar-refractivity contribution in [2.45, 2.75) is 6.92 Å². The molecule has 0 bridgehead atoms. The van der Waals surface area contributed by atoms with Crippen LogP contribution in [0, 0.1) is 0 Å². The van der Waals surface area contributed by atoms with E-state index in [2.05, 4.69) is 4.99 Å². The number of aliphatic imine (C=N–C) groups is 1. The van der Waals surface area contributed by atoms with Crippen LogP contribution in [0.25, 0.3) is 6.08 Å². The molecule has 2 aromatic rings. The molecule has 0 radical (unpaired) electrons. The Kier molecular flexibility index (Phi) is 6.68. The Bertz CT molecular complexity index is 1060. The standard InChI is InChI=1S/C22H21NO6S/c1-4-29-22(26)19-20(25)18(10-13-8-9-16(28-3)12-17(13)24)30-21(19)23-14-6-5-7-15(11-14)27-2/h5-12,24-25H,4H2,1-3H3/b18-10+,23-21?. The fraction of sp³-hybridized carbons (Fsp3) is 0.182. The van der Waals surface area contributed by atoms with Gasteiger partial charge in [0.25, 0.3) is 0 Å². The molecule has 7 nitrogen and oxygen atoms in total. The first kappa shape index (κ1) is 21.3. The number of hydrogen-bond acceptors (Lipinski definition) is 8. The van der Waals surface area contributed by atoms with E-state index in [1.54, 1.807) is 56.5 Å². The molecular formula is C22H21NO6S. The van der Waals surface area contributed by atoms with Crippen molar-refractivity contribution in [3.63, 3.8) is 0 Å². The number of phenols is 1. The van der Waals surface area contributed by atoms with Crippen molar-refractivity contribution < 1.29 is 29.2 Å². The van der Waals surface area contributed by atoms with E-state index in [1.165, 1.54) is 13.2 Å². The van der Waals surface area contributed by atoms with E-state index in [4.69, 9.17) is 14.2 Å². The maximum atomic E-state index is 12.5. The van der Waals surface area contributed by atoms with Crippen molar-refractivity contribution in [3.05, 3.63) is 64.3 Å². The summed E-state index contributed by atoms with van der Waals surface area (Å²) in [7, 11) is 3.05. The molecule has 0 spiro atoms. The fourth-order valence-corrected chi connectivity index (χ4v) is 3.73. The van der Waals surface area contributed by atoms with Gasteiger partial charge < -0.3 is 24.4 Å². The minimum absolute atomic E-state index is 0.0221. The molecule has 0 saturated carbocycles. The third-order valence-electron chi connectivity index (χ3n) is 4.18. The molecule has 3 rings (SSSR count). The summed E-state index contributed by atoms with van der Waals surface area (Å²) in [5.41, 5.74) is 0.986. The number of thioether (sulfide) groups is 1. The third-order valence-corrected chi connectivity index (χ3v) is 5.20. The van der Waals surface area contributed by atoms with Gasteiger partial charge in [-0.3, -0.25) is 0 Å². The zero-order chi connectivity index (χ0) is 21.7. The molecule has 1 heterocycles. The van der Waals surface area contributed by atoms with Crippen LogP contribution in [-0.2, 0) is 9.53 Å². The summed E-state index contributed by atoms with van der Waals surface area (Å²) < 4.78 is 15.4. The van der Waals surface area contributed by atoms with Crippen LogP contribution < -0.4 is 9.47 Å². The van der Waals surface area contributed by atoms with Crippen molar-refractivity contribution in [2.24, 2.45) is 4.99 Å². The molecule has 0 aromatic heterocycles. The van der Waals surface area contributed by atoms with Gasteiger partial charge in [-0.15, -0.1) is 0 Å². The van der Waals surface area contributed by atoms with E-state index in [9.17, 15) is 15.0 Å². The topological polar surface area (TPSA) is 97.6 Å². The number of carbonyl (C=O) groups excluding carboxylic acids is 1. The van der Waals surface area contributed by atoms with Crippen LogP contribution in [0.5, 0.6) is 17.2 Å². The maximum Gasteiger partial charge on any atom is 0.344 e. The summed E-state index contributed by atoms with van der Waals surface area (Å²) in [4.78, 5) is 17.3. The summed E-state index contributed by atoms with van der Waals surface area (Å²) in [6, 6.07) is 11.8. The molecule has 0 amide bonds. The first-order valence-corrected chi connectivity index (χ1v) is 9.88. The molecule has 30 heavy (non-hydrogen) atoms. The second-order valence-corrected chi connectivity index (χ2v) is 7.13. The highest BCUT2D eigenvalue weighted by molar-refractivity contribution is 8.18. The summed E-state index contributed by atoms with van der Waals surface area (Å²) in [6.07, 6.45) is 1.57. The number of carbonyl (C=O) groups is 1. The minimum Gasteiger partial charge on any atom is -0.507 e. The van der Waals surface area contributed by atoms with Crippen molar-refractivity contribution >= 4 is 34.5 Å². The summed E-state index contributed by atoms with van der Waals surface area (Å²) in [5, 5.41) is 21.2. The number of rotatable bonds is 6. The normalized spacial score (nSPS) is 16.2. The lowest BCUT2D eigenvalue weighted by Crippen LogP contribution is -2.12. The van der Waals surface area contributed by atoms with Crippen LogP contribution in [0.1, 0.15) is 12.5 Å². The fourth-order valence-electron chi connectivity index (χ4n) is 2.70. The van der Waals surface area contributed by atoms with E-state index >= 15 is 0 Å². The van der Waals surface area contributed by atoms with Gasteiger partial charge in [-0.1, -0.05) is 17.8 Å². The highest BCUT2D eigenvalue weighted by atomic mass is 32.2. The maximum absolute atomic E-state index is 12.5. The molecule has 1 aliphatic rings. The number of esters is 1. The molecule has 8 heteroatoms. The van der Waals surface area contributed by atoms with Crippen molar-refractivity contribution in [2.75, 3.05) is 20.8 Å². The van der Waals surface area contributed by atoms with Crippen LogP contribution >= 0.6 is 11.8 Å². The highest BCUT2D eigenvalue weighted by Crippen LogP contribution is 2.41.